The van der Waals surface area contributed by atoms with Gasteiger partial charge in [-0.25, -0.2) is 4.98 Å². The molecule has 15 heavy (non-hydrogen) atoms. The number of hydrogen-bond acceptors (Lipinski definition) is 5. The van der Waals surface area contributed by atoms with E-state index in [-0.39, 0.29) is 0 Å². The van der Waals surface area contributed by atoms with Crippen molar-refractivity contribution in [1.29, 1.82) is 0 Å². The van der Waals surface area contributed by atoms with Gasteiger partial charge in [0.05, 0.1) is 0 Å². The zero-order valence-electron chi connectivity index (χ0n) is 7.98. The predicted molar refractivity (Wildman–Crippen MR) is 60.8 cm³/mol. The highest BCUT2D eigenvalue weighted by atomic mass is 79.9. The topological polar surface area (TPSA) is 81.6 Å². The Labute approximate surface area is 94.7 Å². The zero-order valence-corrected chi connectivity index (χ0v) is 9.56. The van der Waals surface area contributed by atoms with Gasteiger partial charge < -0.3 is 11.1 Å². The number of pyridine rings is 1. The van der Waals surface area contributed by atoms with Gasteiger partial charge in [-0.3, -0.25) is 0 Å². The largest absolute Gasteiger partial charge is 0.368 e. The summed E-state index contributed by atoms with van der Waals surface area (Å²) in [5.74, 6) is 1.40. The number of nitrogens with zero attached hydrogens (tertiary/aromatic N) is 4. The van der Waals surface area contributed by atoms with E-state index in [4.69, 9.17) is 5.73 Å². The third-order valence-corrected chi connectivity index (χ3v) is 2.25. The summed E-state index contributed by atoms with van der Waals surface area (Å²) in [6, 6.07) is 3.66. The molecule has 0 spiro atoms. The van der Waals surface area contributed by atoms with Crippen LogP contribution in [0.5, 0.6) is 0 Å². The molecule has 7 heteroatoms. The Hall–Kier alpha value is -1.63. The van der Waals surface area contributed by atoms with Crippen LogP contribution in [0, 0.1) is 0 Å². The van der Waals surface area contributed by atoms with E-state index in [1.807, 2.05) is 6.07 Å². The lowest BCUT2D eigenvalue weighted by atomic mass is 10.5. The zero-order chi connectivity index (χ0) is 10.8. The smallest absolute Gasteiger partial charge is 0.244 e. The quantitative estimate of drug-likeness (QED) is 0.851. The summed E-state index contributed by atoms with van der Waals surface area (Å²) in [5, 5.41) is 6.93. The molecule has 3 N–H and O–H groups in total. The Kier molecular flexibility index (Phi) is 2.55. The van der Waals surface area contributed by atoms with Crippen molar-refractivity contribution in [2.24, 2.45) is 0 Å². The number of rotatable bonds is 2. The standard InChI is InChI=1S/C8H9BrN6/c1-11-8-13-7(10)15(14-8)6-3-2-5(9)4-12-6/h2-4H,1H3,(H3,10,11,13,14). The van der Waals surface area contributed by atoms with E-state index < -0.39 is 0 Å². The second-order valence-electron chi connectivity index (χ2n) is 2.79. The molecule has 0 unspecified atom stereocenters. The summed E-state index contributed by atoms with van der Waals surface area (Å²) >= 11 is 3.30. The first-order valence-corrected chi connectivity index (χ1v) is 5.02. The molecule has 0 radical (unpaired) electrons. The van der Waals surface area contributed by atoms with Crippen molar-refractivity contribution in [2.75, 3.05) is 18.1 Å². The number of nitrogen functional groups attached to an aromatic ring is 1. The van der Waals surface area contributed by atoms with E-state index in [0.717, 1.165) is 4.47 Å². The number of hydrogen-bond donors (Lipinski definition) is 2. The van der Waals surface area contributed by atoms with Crippen LogP contribution >= 0.6 is 15.9 Å². The summed E-state index contributed by atoms with van der Waals surface area (Å²) < 4.78 is 2.37. The minimum absolute atomic E-state index is 0.300. The number of nitrogens with one attached hydrogen (secondary N) is 1. The first-order chi connectivity index (χ1) is 7.20. The Morgan fingerprint density at radius 2 is 2.27 bits per heavy atom. The second kappa shape index (κ2) is 3.85. The lowest BCUT2D eigenvalue weighted by Gasteiger charge is -2.00. The minimum atomic E-state index is 0.300. The maximum absolute atomic E-state index is 5.68. The van der Waals surface area contributed by atoms with Crippen molar-refractivity contribution < 1.29 is 0 Å². The van der Waals surface area contributed by atoms with Crippen molar-refractivity contribution in [3.8, 4) is 5.82 Å². The van der Waals surface area contributed by atoms with Crippen LogP contribution in [-0.2, 0) is 0 Å². The normalized spacial score (nSPS) is 10.3. The summed E-state index contributed by atoms with van der Waals surface area (Å²) in [4.78, 5) is 8.16. The SMILES string of the molecule is CNc1nc(N)n(-c2ccc(Br)cn2)n1. The van der Waals surface area contributed by atoms with Crippen LogP contribution in [0.15, 0.2) is 22.8 Å². The lowest BCUT2D eigenvalue weighted by molar-refractivity contribution is 0.857. The average molecular weight is 269 g/mol. The highest BCUT2D eigenvalue weighted by Crippen LogP contribution is 2.13. The fourth-order valence-corrected chi connectivity index (χ4v) is 1.33. The molecule has 6 nitrogen and oxygen atoms in total. The van der Waals surface area contributed by atoms with Crippen LogP contribution in [0.1, 0.15) is 0 Å². The van der Waals surface area contributed by atoms with Crippen LogP contribution in [0.4, 0.5) is 11.9 Å². The molecule has 2 rings (SSSR count). The molecule has 0 saturated carbocycles. The fourth-order valence-electron chi connectivity index (χ4n) is 1.09. The highest BCUT2D eigenvalue weighted by Gasteiger charge is 2.07. The molecule has 0 bridgehead atoms. The molecule has 2 heterocycles. The van der Waals surface area contributed by atoms with Gasteiger partial charge in [0.15, 0.2) is 5.82 Å². The Balaban J connectivity index is 2.44. The maximum atomic E-state index is 5.68. The van der Waals surface area contributed by atoms with Crippen molar-refractivity contribution in [3.63, 3.8) is 0 Å². The molecule has 0 aliphatic heterocycles. The van der Waals surface area contributed by atoms with Crippen molar-refractivity contribution in [3.05, 3.63) is 22.8 Å². The van der Waals surface area contributed by atoms with Gasteiger partial charge in [0, 0.05) is 17.7 Å². The third kappa shape index (κ3) is 1.91. The van der Waals surface area contributed by atoms with E-state index in [0.29, 0.717) is 17.7 Å². The van der Waals surface area contributed by atoms with Gasteiger partial charge in [-0.05, 0) is 28.1 Å². The van der Waals surface area contributed by atoms with Gasteiger partial charge in [0.25, 0.3) is 0 Å². The molecule has 2 aromatic heterocycles. The summed E-state index contributed by atoms with van der Waals surface area (Å²) in [6.07, 6.45) is 1.68. The maximum Gasteiger partial charge on any atom is 0.244 e. The Morgan fingerprint density at radius 3 is 2.80 bits per heavy atom. The molecule has 0 fully saturated rings. The predicted octanol–water partition coefficient (Wildman–Crippen LogP) is 1.05. The summed E-state index contributed by atoms with van der Waals surface area (Å²) in [7, 11) is 1.73. The summed E-state index contributed by atoms with van der Waals surface area (Å²) in [6.45, 7) is 0. The highest BCUT2D eigenvalue weighted by molar-refractivity contribution is 9.10. The van der Waals surface area contributed by atoms with Crippen molar-refractivity contribution >= 4 is 27.8 Å². The third-order valence-electron chi connectivity index (χ3n) is 1.78. The molecular weight excluding hydrogens is 260 g/mol. The van der Waals surface area contributed by atoms with E-state index in [9.17, 15) is 0 Å². The Bertz CT molecular complexity index is 462. The monoisotopic (exact) mass is 268 g/mol. The number of halogens is 1. The van der Waals surface area contributed by atoms with E-state index in [1.165, 1.54) is 4.68 Å². The van der Waals surface area contributed by atoms with Gasteiger partial charge >= 0.3 is 0 Å². The van der Waals surface area contributed by atoms with E-state index in [2.05, 4.69) is 36.3 Å². The van der Waals surface area contributed by atoms with Gasteiger partial charge in [0.2, 0.25) is 11.9 Å². The first-order valence-electron chi connectivity index (χ1n) is 4.23. The van der Waals surface area contributed by atoms with Crippen molar-refractivity contribution in [2.45, 2.75) is 0 Å². The first kappa shape index (κ1) is 9.91. The van der Waals surface area contributed by atoms with Crippen LogP contribution in [0.25, 0.3) is 5.82 Å². The van der Waals surface area contributed by atoms with Gasteiger partial charge in [0.1, 0.15) is 0 Å². The summed E-state index contributed by atoms with van der Waals surface area (Å²) in [5.41, 5.74) is 5.68. The van der Waals surface area contributed by atoms with Gasteiger partial charge in [-0.1, -0.05) is 0 Å². The number of nitrogens with two attached hydrogens (primary N) is 1. The molecule has 0 atom stereocenters. The van der Waals surface area contributed by atoms with Gasteiger partial charge in [-0.2, -0.15) is 9.67 Å². The lowest BCUT2D eigenvalue weighted by Crippen LogP contribution is -2.04. The van der Waals surface area contributed by atoms with Crippen LogP contribution < -0.4 is 11.1 Å². The second-order valence-corrected chi connectivity index (χ2v) is 3.71. The van der Waals surface area contributed by atoms with Crippen LogP contribution in [-0.4, -0.2) is 26.8 Å². The van der Waals surface area contributed by atoms with Crippen LogP contribution in [0.2, 0.25) is 0 Å². The van der Waals surface area contributed by atoms with E-state index in [1.54, 1.807) is 19.3 Å². The average Bonchev–Trinajstić information content (AvgIpc) is 2.61. The molecular formula is C8H9BrN6. The molecule has 2 aromatic rings. The fraction of sp³-hybridized carbons (Fsp3) is 0.125. The Morgan fingerprint density at radius 1 is 1.47 bits per heavy atom. The number of aromatic nitrogens is 4. The van der Waals surface area contributed by atoms with Crippen LogP contribution in [0.3, 0.4) is 0 Å². The molecule has 0 aliphatic rings. The molecule has 0 aliphatic carbocycles. The molecule has 0 saturated heterocycles. The van der Waals surface area contributed by atoms with Crippen molar-refractivity contribution in [1.82, 2.24) is 19.7 Å². The van der Waals surface area contributed by atoms with E-state index >= 15 is 0 Å². The molecule has 0 amide bonds. The minimum Gasteiger partial charge on any atom is -0.368 e. The molecule has 0 aromatic carbocycles. The number of anilines is 2. The van der Waals surface area contributed by atoms with Gasteiger partial charge in [-0.15, -0.1) is 5.10 Å². The molecule has 78 valence electrons.